The minimum absolute atomic E-state index is 0.0420. The van der Waals surface area contributed by atoms with Crippen molar-refractivity contribution in [2.45, 2.75) is 0 Å². The summed E-state index contributed by atoms with van der Waals surface area (Å²) < 4.78 is 10.2. The van der Waals surface area contributed by atoms with Gasteiger partial charge in [-0.1, -0.05) is 35.0 Å². The number of halogens is 1. The van der Waals surface area contributed by atoms with Gasteiger partial charge in [-0.05, 0) is 18.2 Å². The molecule has 11 nitrogen and oxygen atoms in total. The number of nitrogens with zero attached hydrogens (tertiary/aromatic N) is 3. The summed E-state index contributed by atoms with van der Waals surface area (Å²) in [6, 6.07) is 12.3. The average molecular weight is 446 g/mol. The van der Waals surface area contributed by atoms with Crippen LogP contribution in [0.2, 0.25) is 5.02 Å². The van der Waals surface area contributed by atoms with Crippen molar-refractivity contribution in [3.8, 4) is 17.1 Å². The van der Waals surface area contributed by atoms with Crippen LogP contribution in [-0.4, -0.2) is 46.6 Å². The van der Waals surface area contributed by atoms with E-state index in [1.165, 1.54) is 18.2 Å². The normalized spacial score (nSPS) is 10.4. The van der Waals surface area contributed by atoms with Crippen LogP contribution in [0.15, 0.2) is 53.1 Å². The lowest BCUT2D eigenvalue weighted by Gasteiger charge is -2.08. The zero-order chi connectivity index (χ0) is 22.2. The fraction of sp³-hybridized carbons (Fsp3) is 0.158. The van der Waals surface area contributed by atoms with Gasteiger partial charge in [0.2, 0.25) is 5.82 Å². The molecular formula is C19H16ClN5O6. The summed E-state index contributed by atoms with van der Waals surface area (Å²) in [6.07, 6.45) is 0. The first-order valence-electron chi connectivity index (χ1n) is 8.94. The van der Waals surface area contributed by atoms with Crippen molar-refractivity contribution in [2.75, 3.05) is 19.7 Å². The molecule has 0 aliphatic rings. The number of non-ortho nitro benzene ring substituents is 1. The molecule has 3 aromatic rings. The number of carbonyl (C=O) groups excluding carboxylic acids is 2. The summed E-state index contributed by atoms with van der Waals surface area (Å²) >= 11 is 5.83. The van der Waals surface area contributed by atoms with E-state index in [0.29, 0.717) is 16.3 Å². The predicted molar refractivity (Wildman–Crippen MR) is 109 cm³/mol. The Bertz CT molecular complexity index is 1100. The van der Waals surface area contributed by atoms with Crippen molar-refractivity contribution in [3.05, 3.63) is 69.6 Å². The minimum Gasteiger partial charge on any atom is -0.484 e. The Labute approximate surface area is 180 Å². The largest absolute Gasteiger partial charge is 0.484 e. The molecule has 0 saturated heterocycles. The second-order valence-corrected chi connectivity index (χ2v) is 6.52. The molecule has 0 aliphatic heterocycles. The molecule has 2 amide bonds. The van der Waals surface area contributed by atoms with Gasteiger partial charge in [-0.25, -0.2) is 0 Å². The summed E-state index contributed by atoms with van der Waals surface area (Å²) in [6.45, 7) is 0.0517. The van der Waals surface area contributed by atoms with Gasteiger partial charge in [-0.3, -0.25) is 19.7 Å². The van der Waals surface area contributed by atoms with E-state index < -0.39 is 10.8 Å². The standard InChI is InChI=1S/C19H16ClN5O6/c20-13-4-2-6-15(10-13)30-11-16(26)21-7-8-22-18(27)19-23-17(24-31-19)12-3-1-5-14(9-12)25(28)29/h1-6,9-10H,7-8,11H2,(H,21,26)(H,22,27). The molecule has 31 heavy (non-hydrogen) atoms. The van der Waals surface area contributed by atoms with Gasteiger partial charge < -0.3 is 19.9 Å². The molecule has 0 aliphatic carbocycles. The van der Waals surface area contributed by atoms with Crippen LogP contribution in [0.1, 0.15) is 10.7 Å². The van der Waals surface area contributed by atoms with Gasteiger partial charge in [0.1, 0.15) is 5.75 Å². The van der Waals surface area contributed by atoms with Crippen LogP contribution in [0.5, 0.6) is 5.75 Å². The topological polar surface area (TPSA) is 149 Å². The summed E-state index contributed by atoms with van der Waals surface area (Å²) in [7, 11) is 0. The van der Waals surface area contributed by atoms with Crippen LogP contribution in [0.4, 0.5) is 5.69 Å². The molecule has 0 unspecified atom stereocenters. The Hall–Kier alpha value is -3.99. The molecule has 0 fully saturated rings. The molecular weight excluding hydrogens is 430 g/mol. The summed E-state index contributed by atoms with van der Waals surface area (Å²) in [5.41, 5.74) is 0.201. The van der Waals surface area contributed by atoms with Crippen LogP contribution in [0.25, 0.3) is 11.4 Å². The van der Waals surface area contributed by atoms with E-state index in [0.717, 1.165) is 0 Å². The number of rotatable bonds is 9. The molecule has 1 aromatic heterocycles. The Kier molecular flexibility index (Phi) is 7.12. The number of hydrogen-bond donors (Lipinski definition) is 2. The highest BCUT2D eigenvalue weighted by Crippen LogP contribution is 2.21. The third kappa shape index (κ3) is 6.24. The van der Waals surface area contributed by atoms with Crippen molar-refractivity contribution in [2.24, 2.45) is 0 Å². The van der Waals surface area contributed by atoms with Crippen LogP contribution >= 0.6 is 11.6 Å². The van der Waals surface area contributed by atoms with E-state index in [9.17, 15) is 19.7 Å². The third-order valence-electron chi connectivity index (χ3n) is 3.83. The Balaban J connectivity index is 1.42. The second-order valence-electron chi connectivity index (χ2n) is 6.08. The van der Waals surface area contributed by atoms with E-state index in [4.69, 9.17) is 20.9 Å². The summed E-state index contributed by atoms with van der Waals surface area (Å²) in [5.74, 6) is -0.821. The maximum atomic E-state index is 12.1. The Morgan fingerprint density at radius 2 is 1.90 bits per heavy atom. The first-order valence-corrected chi connectivity index (χ1v) is 9.32. The van der Waals surface area contributed by atoms with Crippen LogP contribution < -0.4 is 15.4 Å². The smallest absolute Gasteiger partial charge is 0.316 e. The molecule has 2 N–H and O–H groups in total. The molecule has 0 bridgehead atoms. The molecule has 3 rings (SSSR count). The lowest BCUT2D eigenvalue weighted by Crippen LogP contribution is -2.36. The van der Waals surface area contributed by atoms with Crippen LogP contribution in [0.3, 0.4) is 0 Å². The lowest BCUT2D eigenvalue weighted by molar-refractivity contribution is -0.384. The zero-order valence-corrected chi connectivity index (χ0v) is 16.7. The van der Waals surface area contributed by atoms with Crippen molar-refractivity contribution < 1.29 is 23.8 Å². The maximum Gasteiger partial charge on any atom is 0.316 e. The van der Waals surface area contributed by atoms with E-state index in [1.807, 2.05) is 0 Å². The molecule has 2 aromatic carbocycles. The van der Waals surface area contributed by atoms with Crippen molar-refractivity contribution in [1.82, 2.24) is 20.8 Å². The maximum absolute atomic E-state index is 12.1. The fourth-order valence-electron chi connectivity index (χ4n) is 2.40. The van der Waals surface area contributed by atoms with Crippen LogP contribution in [-0.2, 0) is 4.79 Å². The van der Waals surface area contributed by atoms with E-state index in [1.54, 1.807) is 30.3 Å². The van der Waals surface area contributed by atoms with E-state index in [-0.39, 0.29) is 43.0 Å². The monoisotopic (exact) mass is 445 g/mol. The molecule has 12 heteroatoms. The predicted octanol–water partition coefficient (Wildman–Crippen LogP) is 2.22. The number of aromatic nitrogens is 2. The van der Waals surface area contributed by atoms with Gasteiger partial charge in [-0.2, -0.15) is 4.98 Å². The van der Waals surface area contributed by atoms with Gasteiger partial charge in [0, 0.05) is 35.8 Å². The third-order valence-corrected chi connectivity index (χ3v) is 4.07. The van der Waals surface area contributed by atoms with Crippen molar-refractivity contribution in [3.63, 3.8) is 0 Å². The second kappa shape index (κ2) is 10.2. The number of amides is 2. The van der Waals surface area contributed by atoms with Gasteiger partial charge in [0.25, 0.3) is 11.6 Å². The van der Waals surface area contributed by atoms with Gasteiger partial charge >= 0.3 is 11.8 Å². The number of ether oxygens (including phenoxy) is 1. The number of nitro benzene ring substituents is 1. The number of benzene rings is 2. The number of hydrogen-bond acceptors (Lipinski definition) is 8. The van der Waals surface area contributed by atoms with Crippen molar-refractivity contribution >= 4 is 29.1 Å². The SMILES string of the molecule is O=C(COc1cccc(Cl)c1)NCCNC(=O)c1nc(-c2cccc([N+](=O)[O-])c2)no1. The van der Waals surface area contributed by atoms with Crippen LogP contribution in [0, 0.1) is 10.1 Å². The molecule has 1 heterocycles. The molecule has 0 saturated carbocycles. The molecule has 0 spiro atoms. The fourth-order valence-corrected chi connectivity index (χ4v) is 2.58. The van der Waals surface area contributed by atoms with Gasteiger partial charge in [0.05, 0.1) is 4.92 Å². The molecule has 0 atom stereocenters. The molecule has 160 valence electrons. The zero-order valence-electron chi connectivity index (χ0n) is 15.9. The quantitative estimate of drug-likeness (QED) is 0.289. The minimum atomic E-state index is -0.645. The van der Waals surface area contributed by atoms with Gasteiger partial charge in [0.15, 0.2) is 6.61 Å². The summed E-state index contributed by atoms with van der Waals surface area (Å²) in [4.78, 5) is 38.1. The number of nitro groups is 1. The van der Waals surface area contributed by atoms with Gasteiger partial charge in [-0.15, -0.1) is 0 Å². The average Bonchev–Trinajstić information content (AvgIpc) is 3.26. The van der Waals surface area contributed by atoms with Crippen molar-refractivity contribution in [1.29, 1.82) is 0 Å². The number of nitrogens with one attached hydrogen (secondary N) is 2. The highest BCUT2D eigenvalue weighted by molar-refractivity contribution is 6.30. The Morgan fingerprint density at radius 3 is 2.68 bits per heavy atom. The highest BCUT2D eigenvalue weighted by Gasteiger charge is 2.17. The van der Waals surface area contributed by atoms with E-state index in [2.05, 4.69) is 20.8 Å². The molecule has 0 radical (unpaired) electrons. The Morgan fingerprint density at radius 1 is 1.13 bits per heavy atom. The first-order chi connectivity index (χ1) is 14.9. The highest BCUT2D eigenvalue weighted by atomic mass is 35.5. The van der Waals surface area contributed by atoms with E-state index >= 15 is 0 Å². The lowest BCUT2D eigenvalue weighted by atomic mass is 10.2. The number of carbonyl (C=O) groups is 2. The summed E-state index contributed by atoms with van der Waals surface area (Å²) in [5, 5.41) is 20.1. The first kappa shape index (κ1) is 21.7.